The summed E-state index contributed by atoms with van der Waals surface area (Å²) in [6, 6.07) is 3.65. The standard InChI is InChI=1S/C11H17N3O2.2ClH/c1-8-3-4-10(13-7-8)14-11(15)5-9(6-12)16-2;;/h3-4,7,9H,5-6,12H2,1-2H3,(H,13,14,15);2*1H. The van der Waals surface area contributed by atoms with E-state index in [0.717, 1.165) is 5.56 Å². The zero-order valence-corrected chi connectivity index (χ0v) is 12.0. The number of aryl methyl sites for hydroxylation is 1. The maximum Gasteiger partial charge on any atom is 0.228 e. The highest BCUT2D eigenvalue weighted by Crippen LogP contribution is 2.05. The second-order valence-corrected chi connectivity index (χ2v) is 3.57. The quantitative estimate of drug-likeness (QED) is 0.864. The summed E-state index contributed by atoms with van der Waals surface area (Å²) in [5, 5.41) is 2.68. The van der Waals surface area contributed by atoms with Crippen LogP contribution in [0.3, 0.4) is 0 Å². The fraction of sp³-hybridized carbons (Fsp3) is 0.455. The minimum absolute atomic E-state index is 0. The highest BCUT2D eigenvalue weighted by Gasteiger charge is 2.11. The van der Waals surface area contributed by atoms with Crippen LogP contribution < -0.4 is 11.1 Å². The van der Waals surface area contributed by atoms with Gasteiger partial charge in [-0.05, 0) is 18.6 Å². The lowest BCUT2D eigenvalue weighted by molar-refractivity contribution is -0.118. The molecule has 0 aliphatic heterocycles. The highest BCUT2D eigenvalue weighted by atomic mass is 35.5. The second kappa shape index (κ2) is 10.1. The molecule has 1 unspecified atom stereocenters. The number of rotatable bonds is 5. The van der Waals surface area contributed by atoms with Crippen LogP contribution in [-0.2, 0) is 9.53 Å². The number of aromatic nitrogens is 1. The third-order valence-electron chi connectivity index (χ3n) is 2.19. The lowest BCUT2D eigenvalue weighted by Crippen LogP contribution is -2.28. The number of pyridine rings is 1. The molecule has 0 saturated heterocycles. The van der Waals surface area contributed by atoms with Crippen LogP contribution in [0, 0.1) is 6.92 Å². The first-order chi connectivity index (χ1) is 7.65. The number of nitrogens with one attached hydrogen (secondary N) is 1. The minimum atomic E-state index is -0.245. The van der Waals surface area contributed by atoms with Gasteiger partial charge >= 0.3 is 0 Å². The van der Waals surface area contributed by atoms with Gasteiger partial charge in [0.1, 0.15) is 5.82 Å². The molecular weight excluding hydrogens is 277 g/mol. The molecule has 104 valence electrons. The van der Waals surface area contributed by atoms with Gasteiger partial charge in [0.2, 0.25) is 5.91 Å². The van der Waals surface area contributed by atoms with Gasteiger partial charge in [0.15, 0.2) is 0 Å². The molecule has 0 aliphatic carbocycles. The van der Waals surface area contributed by atoms with Gasteiger partial charge < -0.3 is 15.8 Å². The predicted molar refractivity (Wildman–Crippen MR) is 76.6 cm³/mol. The van der Waals surface area contributed by atoms with Gasteiger partial charge in [-0.3, -0.25) is 4.79 Å². The first kappa shape index (κ1) is 19.5. The molecule has 0 spiro atoms. The van der Waals surface area contributed by atoms with Crippen molar-refractivity contribution in [3.8, 4) is 0 Å². The van der Waals surface area contributed by atoms with E-state index < -0.39 is 0 Å². The number of ether oxygens (including phenoxy) is 1. The van der Waals surface area contributed by atoms with Crippen molar-refractivity contribution in [2.75, 3.05) is 19.0 Å². The zero-order chi connectivity index (χ0) is 12.0. The Hall–Kier alpha value is -0.880. The van der Waals surface area contributed by atoms with Crippen molar-refractivity contribution in [1.82, 2.24) is 4.98 Å². The van der Waals surface area contributed by atoms with Crippen molar-refractivity contribution in [1.29, 1.82) is 0 Å². The van der Waals surface area contributed by atoms with Gasteiger partial charge in [0.05, 0.1) is 12.5 Å². The third kappa shape index (κ3) is 6.76. The van der Waals surface area contributed by atoms with E-state index in [4.69, 9.17) is 10.5 Å². The van der Waals surface area contributed by atoms with Crippen molar-refractivity contribution < 1.29 is 9.53 Å². The van der Waals surface area contributed by atoms with Gasteiger partial charge in [-0.15, -0.1) is 24.8 Å². The lowest BCUT2D eigenvalue weighted by atomic mass is 10.2. The Balaban J connectivity index is 0. The molecular formula is C11H19Cl2N3O2. The average molecular weight is 296 g/mol. The van der Waals surface area contributed by atoms with Crippen LogP contribution in [0.1, 0.15) is 12.0 Å². The molecule has 0 aliphatic rings. The van der Waals surface area contributed by atoms with Gasteiger partial charge in [0, 0.05) is 19.9 Å². The zero-order valence-electron chi connectivity index (χ0n) is 10.4. The summed E-state index contributed by atoms with van der Waals surface area (Å²) >= 11 is 0. The Labute approximate surface area is 119 Å². The maximum atomic E-state index is 11.5. The molecule has 0 saturated carbocycles. The van der Waals surface area contributed by atoms with E-state index in [0.29, 0.717) is 12.4 Å². The largest absolute Gasteiger partial charge is 0.380 e. The molecule has 0 radical (unpaired) electrons. The highest BCUT2D eigenvalue weighted by molar-refractivity contribution is 5.90. The van der Waals surface area contributed by atoms with Gasteiger partial charge in [-0.25, -0.2) is 4.98 Å². The van der Waals surface area contributed by atoms with Gasteiger partial charge in [-0.2, -0.15) is 0 Å². The van der Waals surface area contributed by atoms with E-state index >= 15 is 0 Å². The summed E-state index contributed by atoms with van der Waals surface area (Å²) in [7, 11) is 1.54. The fourth-order valence-corrected chi connectivity index (χ4v) is 1.21. The summed E-state index contributed by atoms with van der Waals surface area (Å²) in [6.07, 6.45) is 1.69. The number of amides is 1. The molecule has 5 nitrogen and oxygen atoms in total. The monoisotopic (exact) mass is 295 g/mol. The van der Waals surface area contributed by atoms with E-state index in [9.17, 15) is 4.79 Å². The maximum absolute atomic E-state index is 11.5. The van der Waals surface area contributed by atoms with Crippen molar-refractivity contribution in [2.45, 2.75) is 19.4 Å². The normalized spacial score (nSPS) is 10.8. The Kier molecular flexibility index (Phi) is 10.9. The number of hydrogen-bond donors (Lipinski definition) is 2. The topological polar surface area (TPSA) is 77.2 Å². The molecule has 3 N–H and O–H groups in total. The molecule has 1 heterocycles. The van der Waals surface area contributed by atoms with Gasteiger partial charge in [-0.1, -0.05) is 6.07 Å². The smallest absolute Gasteiger partial charge is 0.228 e. The van der Waals surface area contributed by atoms with E-state index in [2.05, 4.69) is 10.3 Å². The number of carbonyl (C=O) groups excluding carboxylic acids is 1. The van der Waals surface area contributed by atoms with E-state index in [1.54, 1.807) is 12.3 Å². The summed E-state index contributed by atoms with van der Waals surface area (Å²) < 4.78 is 5.02. The van der Waals surface area contributed by atoms with E-state index in [-0.39, 0.29) is 43.2 Å². The number of carbonyl (C=O) groups is 1. The van der Waals surface area contributed by atoms with Crippen molar-refractivity contribution in [3.05, 3.63) is 23.9 Å². The number of nitrogens with zero attached hydrogens (tertiary/aromatic N) is 1. The number of methoxy groups -OCH3 is 1. The van der Waals surface area contributed by atoms with Crippen molar-refractivity contribution in [2.24, 2.45) is 5.73 Å². The molecule has 0 fully saturated rings. The van der Waals surface area contributed by atoms with E-state index in [1.165, 1.54) is 7.11 Å². The lowest BCUT2D eigenvalue weighted by Gasteiger charge is -2.12. The average Bonchev–Trinajstić information content (AvgIpc) is 2.29. The Morgan fingerprint density at radius 2 is 2.17 bits per heavy atom. The molecule has 18 heavy (non-hydrogen) atoms. The van der Waals surface area contributed by atoms with Crippen LogP contribution in [0.4, 0.5) is 5.82 Å². The van der Waals surface area contributed by atoms with Crippen LogP contribution >= 0.6 is 24.8 Å². The summed E-state index contributed by atoms with van der Waals surface area (Å²) in [5.74, 6) is 0.399. The summed E-state index contributed by atoms with van der Waals surface area (Å²) in [6.45, 7) is 2.26. The van der Waals surface area contributed by atoms with Crippen LogP contribution in [0.25, 0.3) is 0 Å². The second-order valence-electron chi connectivity index (χ2n) is 3.57. The Bertz CT molecular complexity index is 343. The first-order valence-electron chi connectivity index (χ1n) is 5.11. The Morgan fingerprint density at radius 1 is 1.50 bits per heavy atom. The van der Waals surface area contributed by atoms with Crippen LogP contribution in [0.15, 0.2) is 18.3 Å². The summed E-state index contributed by atoms with van der Waals surface area (Å²) in [5.41, 5.74) is 6.47. The van der Waals surface area contributed by atoms with E-state index in [1.807, 2.05) is 13.0 Å². The number of anilines is 1. The molecule has 1 aromatic rings. The number of halogens is 2. The molecule has 0 aromatic carbocycles. The molecule has 1 rings (SSSR count). The van der Waals surface area contributed by atoms with Crippen molar-refractivity contribution in [3.63, 3.8) is 0 Å². The Morgan fingerprint density at radius 3 is 2.61 bits per heavy atom. The van der Waals surface area contributed by atoms with Crippen molar-refractivity contribution >= 4 is 36.5 Å². The molecule has 1 aromatic heterocycles. The minimum Gasteiger partial charge on any atom is -0.380 e. The predicted octanol–water partition coefficient (Wildman–Crippen LogP) is 1.54. The number of hydrogen-bond acceptors (Lipinski definition) is 4. The SMILES string of the molecule is COC(CN)CC(=O)Nc1ccc(C)cn1.Cl.Cl. The molecule has 1 atom stereocenters. The van der Waals surface area contributed by atoms with Crippen LogP contribution in [0.5, 0.6) is 0 Å². The molecule has 0 bridgehead atoms. The third-order valence-corrected chi connectivity index (χ3v) is 2.19. The first-order valence-corrected chi connectivity index (χ1v) is 5.11. The fourth-order valence-electron chi connectivity index (χ4n) is 1.21. The molecule has 7 heteroatoms. The van der Waals surface area contributed by atoms with Crippen LogP contribution in [-0.4, -0.2) is 30.6 Å². The van der Waals surface area contributed by atoms with Gasteiger partial charge in [0.25, 0.3) is 0 Å². The van der Waals surface area contributed by atoms with Crippen LogP contribution in [0.2, 0.25) is 0 Å². The number of nitrogens with two attached hydrogens (primary N) is 1. The molecule has 1 amide bonds. The summed E-state index contributed by atoms with van der Waals surface area (Å²) in [4.78, 5) is 15.6.